The Morgan fingerprint density at radius 1 is 1.06 bits per heavy atom. The minimum absolute atomic E-state index is 0.386. The molecule has 2 aliphatic carbocycles. The van der Waals surface area contributed by atoms with Crippen LogP contribution >= 0.6 is 0 Å². The van der Waals surface area contributed by atoms with Crippen molar-refractivity contribution < 1.29 is 4.79 Å². The molecule has 2 nitrogen and oxygen atoms in total. The summed E-state index contributed by atoms with van der Waals surface area (Å²) in [6.45, 7) is 3.04. The average Bonchev–Trinajstić information content (AvgIpc) is 2.82. The molecule has 0 aromatic heterocycles. The summed E-state index contributed by atoms with van der Waals surface area (Å²) in [6, 6.07) is 0.647. The molecule has 17 heavy (non-hydrogen) atoms. The maximum absolute atomic E-state index is 12.2. The lowest BCUT2D eigenvalue weighted by atomic mass is 9.85. The lowest BCUT2D eigenvalue weighted by Gasteiger charge is -2.36. The van der Waals surface area contributed by atoms with E-state index in [2.05, 4.69) is 18.9 Å². The van der Waals surface area contributed by atoms with E-state index in [0.29, 0.717) is 24.3 Å². The van der Waals surface area contributed by atoms with Crippen LogP contribution in [0.4, 0.5) is 0 Å². The fraction of sp³-hybridized carbons (Fsp3) is 0.933. The second kappa shape index (κ2) is 5.99. The van der Waals surface area contributed by atoms with Gasteiger partial charge in [-0.15, -0.1) is 0 Å². The van der Waals surface area contributed by atoms with Crippen molar-refractivity contribution in [3.63, 3.8) is 0 Å². The molecule has 0 radical (unpaired) electrons. The zero-order valence-corrected chi connectivity index (χ0v) is 11.5. The van der Waals surface area contributed by atoms with Crippen LogP contribution in [-0.2, 0) is 4.79 Å². The van der Waals surface area contributed by atoms with Crippen molar-refractivity contribution in [2.45, 2.75) is 64.3 Å². The summed E-state index contributed by atoms with van der Waals surface area (Å²) in [5, 5.41) is 0. The Morgan fingerprint density at radius 3 is 2.29 bits per heavy atom. The number of hydrogen-bond donors (Lipinski definition) is 0. The fourth-order valence-electron chi connectivity index (χ4n) is 3.69. The zero-order chi connectivity index (χ0) is 12.3. The third-order valence-electron chi connectivity index (χ3n) is 4.85. The van der Waals surface area contributed by atoms with Gasteiger partial charge in [0.1, 0.15) is 5.78 Å². The lowest BCUT2D eigenvalue weighted by molar-refractivity contribution is -0.124. The van der Waals surface area contributed by atoms with E-state index in [9.17, 15) is 4.79 Å². The minimum Gasteiger partial charge on any atom is -0.298 e. The smallest absolute Gasteiger partial charge is 0.149 e. The van der Waals surface area contributed by atoms with E-state index in [-0.39, 0.29) is 0 Å². The van der Waals surface area contributed by atoms with E-state index in [1.165, 1.54) is 38.5 Å². The van der Waals surface area contributed by atoms with Gasteiger partial charge in [-0.3, -0.25) is 9.69 Å². The van der Waals surface area contributed by atoms with E-state index in [1.54, 1.807) is 0 Å². The van der Waals surface area contributed by atoms with E-state index < -0.39 is 0 Å². The van der Waals surface area contributed by atoms with E-state index in [1.807, 2.05) is 0 Å². The van der Waals surface area contributed by atoms with Crippen LogP contribution < -0.4 is 0 Å². The van der Waals surface area contributed by atoms with Gasteiger partial charge in [-0.25, -0.2) is 0 Å². The molecular formula is C15H27NO. The predicted octanol–water partition coefficient (Wildman–Crippen LogP) is 3.26. The second-order valence-electron chi connectivity index (χ2n) is 6.19. The number of hydrogen-bond acceptors (Lipinski definition) is 2. The largest absolute Gasteiger partial charge is 0.298 e. The highest BCUT2D eigenvalue weighted by Gasteiger charge is 2.29. The van der Waals surface area contributed by atoms with Crippen molar-refractivity contribution in [2.75, 3.05) is 13.6 Å². The van der Waals surface area contributed by atoms with Gasteiger partial charge in [0.25, 0.3) is 0 Å². The average molecular weight is 237 g/mol. The molecule has 2 rings (SSSR count). The molecule has 2 saturated carbocycles. The van der Waals surface area contributed by atoms with Crippen LogP contribution in [0, 0.1) is 11.8 Å². The predicted molar refractivity (Wildman–Crippen MR) is 71.0 cm³/mol. The highest BCUT2D eigenvalue weighted by molar-refractivity contribution is 5.83. The molecule has 0 heterocycles. The first-order chi connectivity index (χ1) is 8.18. The SMILES string of the molecule is CC1CCCCC1N(C)CC(=O)C1CCCC1. The third-order valence-corrected chi connectivity index (χ3v) is 4.85. The van der Waals surface area contributed by atoms with Crippen molar-refractivity contribution in [3.05, 3.63) is 0 Å². The molecule has 0 bridgehead atoms. The highest BCUT2D eigenvalue weighted by Crippen LogP contribution is 2.29. The number of nitrogens with zero attached hydrogens (tertiary/aromatic N) is 1. The number of carbonyl (C=O) groups excluding carboxylic acids is 1. The van der Waals surface area contributed by atoms with Crippen LogP contribution in [0.1, 0.15) is 58.3 Å². The van der Waals surface area contributed by atoms with E-state index >= 15 is 0 Å². The topological polar surface area (TPSA) is 20.3 Å². The Bertz CT molecular complexity index is 258. The Kier molecular flexibility index (Phi) is 4.61. The summed E-state index contributed by atoms with van der Waals surface area (Å²) in [6.07, 6.45) is 10.2. The zero-order valence-electron chi connectivity index (χ0n) is 11.5. The first-order valence-electron chi connectivity index (χ1n) is 7.41. The monoisotopic (exact) mass is 237 g/mol. The molecule has 0 spiro atoms. The van der Waals surface area contributed by atoms with Crippen molar-refractivity contribution >= 4 is 5.78 Å². The Balaban J connectivity index is 1.82. The molecule has 2 aliphatic rings. The summed E-state index contributed by atoms with van der Waals surface area (Å²) in [5.41, 5.74) is 0. The maximum atomic E-state index is 12.2. The Hall–Kier alpha value is -0.370. The number of rotatable bonds is 4. The summed E-state index contributed by atoms with van der Waals surface area (Å²) >= 11 is 0. The van der Waals surface area contributed by atoms with Crippen molar-refractivity contribution in [1.82, 2.24) is 4.90 Å². The van der Waals surface area contributed by atoms with Crippen molar-refractivity contribution in [3.8, 4) is 0 Å². The molecule has 2 heteroatoms. The van der Waals surface area contributed by atoms with Gasteiger partial charge < -0.3 is 0 Å². The Morgan fingerprint density at radius 2 is 1.65 bits per heavy atom. The first-order valence-corrected chi connectivity index (χ1v) is 7.41. The van der Waals surface area contributed by atoms with Gasteiger partial charge in [-0.1, -0.05) is 32.6 Å². The molecular weight excluding hydrogens is 210 g/mol. The summed E-state index contributed by atoms with van der Waals surface area (Å²) in [4.78, 5) is 14.5. The molecule has 0 N–H and O–H groups in total. The minimum atomic E-state index is 0.386. The van der Waals surface area contributed by atoms with Crippen LogP contribution in [0.15, 0.2) is 0 Å². The molecule has 2 unspecified atom stereocenters. The van der Waals surface area contributed by atoms with Crippen LogP contribution in [0.3, 0.4) is 0 Å². The van der Waals surface area contributed by atoms with Gasteiger partial charge in [0.15, 0.2) is 0 Å². The van der Waals surface area contributed by atoms with Gasteiger partial charge in [0.2, 0.25) is 0 Å². The number of carbonyl (C=O) groups is 1. The molecule has 0 aromatic rings. The molecule has 98 valence electrons. The van der Waals surface area contributed by atoms with Crippen molar-refractivity contribution in [1.29, 1.82) is 0 Å². The standard InChI is InChI=1S/C15H27NO/c1-12-7-3-6-10-14(12)16(2)11-15(17)13-8-4-5-9-13/h12-14H,3-11H2,1-2H3. The molecule has 0 aromatic carbocycles. The summed E-state index contributed by atoms with van der Waals surface area (Å²) in [5.74, 6) is 1.66. The summed E-state index contributed by atoms with van der Waals surface area (Å²) < 4.78 is 0. The number of likely N-dealkylation sites (N-methyl/N-ethyl adjacent to an activating group) is 1. The van der Waals surface area contributed by atoms with Crippen LogP contribution in [0.5, 0.6) is 0 Å². The normalized spacial score (nSPS) is 31.0. The van der Waals surface area contributed by atoms with E-state index in [4.69, 9.17) is 0 Å². The molecule has 0 amide bonds. The number of ketones is 1. The maximum Gasteiger partial charge on any atom is 0.149 e. The number of Topliss-reactive ketones (excluding diaryl/α,β-unsaturated/α-hetero) is 1. The van der Waals surface area contributed by atoms with Gasteiger partial charge in [0.05, 0.1) is 6.54 Å². The Labute approximate surface area is 106 Å². The van der Waals surface area contributed by atoms with Crippen LogP contribution in [0.2, 0.25) is 0 Å². The van der Waals surface area contributed by atoms with Crippen LogP contribution in [-0.4, -0.2) is 30.3 Å². The van der Waals surface area contributed by atoms with Gasteiger partial charge >= 0.3 is 0 Å². The third kappa shape index (κ3) is 3.31. The second-order valence-corrected chi connectivity index (χ2v) is 6.19. The molecule has 0 saturated heterocycles. The molecule has 0 aliphatic heterocycles. The van der Waals surface area contributed by atoms with Gasteiger partial charge in [-0.2, -0.15) is 0 Å². The lowest BCUT2D eigenvalue weighted by Crippen LogP contribution is -2.42. The van der Waals surface area contributed by atoms with Gasteiger partial charge in [0, 0.05) is 12.0 Å². The molecule has 2 fully saturated rings. The quantitative estimate of drug-likeness (QED) is 0.748. The van der Waals surface area contributed by atoms with Crippen molar-refractivity contribution in [2.24, 2.45) is 11.8 Å². The fourth-order valence-corrected chi connectivity index (χ4v) is 3.69. The van der Waals surface area contributed by atoms with E-state index in [0.717, 1.165) is 18.8 Å². The first kappa shape index (κ1) is 13.1. The van der Waals surface area contributed by atoms with Gasteiger partial charge in [-0.05, 0) is 38.6 Å². The van der Waals surface area contributed by atoms with Crippen LogP contribution in [0.25, 0.3) is 0 Å². The molecule has 2 atom stereocenters. The summed E-state index contributed by atoms with van der Waals surface area (Å²) in [7, 11) is 2.15. The highest BCUT2D eigenvalue weighted by atomic mass is 16.1.